The first-order chi connectivity index (χ1) is 8.83. The Kier molecular flexibility index (Phi) is 3.97. The first-order valence-corrected chi connectivity index (χ1v) is 7.98. The number of thiazole rings is 1. The smallest absolute Gasteiger partial charge is 0.110 e. The van der Waals surface area contributed by atoms with Gasteiger partial charge in [0.25, 0.3) is 0 Å². The molecule has 0 amide bonds. The summed E-state index contributed by atoms with van der Waals surface area (Å²) in [6.45, 7) is 4.12. The van der Waals surface area contributed by atoms with Gasteiger partial charge < -0.3 is 10.1 Å². The number of aryl methyl sites for hydroxylation is 2. The monoisotopic (exact) mass is 266 g/mol. The van der Waals surface area contributed by atoms with Crippen molar-refractivity contribution in [3.63, 3.8) is 0 Å². The largest absolute Gasteiger partial charge is 0.377 e. The Morgan fingerprint density at radius 3 is 3.06 bits per heavy atom. The summed E-state index contributed by atoms with van der Waals surface area (Å²) in [6.07, 6.45) is 7.91. The van der Waals surface area contributed by atoms with E-state index in [1.807, 2.05) is 11.3 Å². The van der Waals surface area contributed by atoms with E-state index >= 15 is 0 Å². The molecule has 0 bridgehead atoms. The van der Waals surface area contributed by atoms with E-state index in [4.69, 9.17) is 9.72 Å². The van der Waals surface area contributed by atoms with Crippen LogP contribution in [0.25, 0.3) is 0 Å². The first-order valence-electron chi connectivity index (χ1n) is 7.16. The predicted octanol–water partition coefficient (Wildman–Crippen LogP) is 2.85. The van der Waals surface area contributed by atoms with Crippen molar-refractivity contribution in [2.24, 2.45) is 0 Å². The lowest BCUT2D eigenvalue weighted by Crippen LogP contribution is -2.28. The van der Waals surface area contributed by atoms with E-state index in [-0.39, 0.29) is 0 Å². The summed E-state index contributed by atoms with van der Waals surface area (Å²) in [4.78, 5) is 6.34. The Labute approximate surface area is 113 Å². The highest BCUT2D eigenvalue weighted by molar-refractivity contribution is 7.11. The molecule has 1 saturated heterocycles. The molecule has 18 heavy (non-hydrogen) atoms. The average molecular weight is 266 g/mol. The van der Waals surface area contributed by atoms with E-state index in [9.17, 15) is 0 Å². The SMILES string of the molecule is CC(NCC1CCCO1)c1nc2c(s1)CCCC2. The molecular weight excluding hydrogens is 244 g/mol. The molecule has 2 atom stereocenters. The zero-order valence-corrected chi connectivity index (χ0v) is 11.9. The summed E-state index contributed by atoms with van der Waals surface area (Å²) in [7, 11) is 0. The number of rotatable bonds is 4. The van der Waals surface area contributed by atoms with Crippen LogP contribution in [0.3, 0.4) is 0 Å². The lowest BCUT2D eigenvalue weighted by Gasteiger charge is -2.14. The Balaban J connectivity index is 1.57. The molecule has 0 radical (unpaired) electrons. The van der Waals surface area contributed by atoms with Gasteiger partial charge >= 0.3 is 0 Å². The fraction of sp³-hybridized carbons (Fsp3) is 0.786. The second-order valence-electron chi connectivity index (χ2n) is 5.39. The number of nitrogens with one attached hydrogen (secondary N) is 1. The van der Waals surface area contributed by atoms with E-state index in [1.165, 1.54) is 54.1 Å². The first kappa shape index (κ1) is 12.6. The fourth-order valence-electron chi connectivity index (χ4n) is 2.76. The van der Waals surface area contributed by atoms with E-state index in [0.717, 1.165) is 13.2 Å². The highest BCUT2D eigenvalue weighted by atomic mass is 32.1. The van der Waals surface area contributed by atoms with Crippen LogP contribution < -0.4 is 5.32 Å². The molecule has 2 unspecified atom stereocenters. The molecule has 3 nitrogen and oxygen atoms in total. The molecule has 1 fully saturated rings. The van der Waals surface area contributed by atoms with Crippen molar-refractivity contribution in [1.29, 1.82) is 0 Å². The third-order valence-electron chi connectivity index (χ3n) is 3.91. The van der Waals surface area contributed by atoms with Crippen LogP contribution in [-0.2, 0) is 17.6 Å². The minimum atomic E-state index is 0.366. The third-order valence-corrected chi connectivity index (χ3v) is 5.25. The summed E-state index contributed by atoms with van der Waals surface area (Å²) < 4.78 is 5.64. The van der Waals surface area contributed by atoms with Crippen LogP contribution >= 0.6 is 11.3 Å². The van der Waals surface area contributed by atoms with Gasteiger partial charge in [0.15, 0.2) is 0 Å². The zero-order chi connectivity index (χ0) is 12.4. The van der Waals surface area contributed by atoms with Crippen LogP contribution in [0, 0.1) is 0 Å². The van der Waals surface area contributed by atoms with Gasteiger partial charge in [-0.3, -0.25) is 0 Å². The fourth-order valence-corrected chi connectivity index (χ4v) is 3.94. The molecule has 2 aliphatic rings. The molecule has 1 aliphatic heterocycles. The molecule has 1 aromatic rings. The van der Waals surface area contributed by atoms with Gasteiger partial charge in [-0.15, -0.1) is 11.3 Å². The molecule has 1 aliphatic carbocycles. The number of hydrogen-bond donors (Lipinski definition) is 1. The molecular formula is C14H22N2OS. The highest BCUT2D eigenvalue weighted by Crippen LogP contribution is 2.29. The molecule has 0 aromatic carbocycles. The molecule has 100 valence electrons. The summed E-state index contributed by atoms with van der Waals surface area (Å²) in [6, 6.07) is 0.366. The molecule has 1 aromatic heterocycles. The quantitative estimate of drug-likeness (QED) is 0.910. The summed E-state index contributed by atoms with van der Waals surface area (Å²) in [5, 5.41) is 4.84. The number of fused-ring (bicyclic) bond motifs is 1. The van der Waals surface area contributed by atoms with Crippen LogP contribution in [-0.4, -0.2) is 24.2 Å². The number of hydrogen-bond acceptors (Lipinski definition) is 4. The van der Waals surface area contributed by atoms with Gasteiger partial charge in [-0.05, 0) is 45.4 Å². The van der Waals surface area contributed by atoms with Gasteiger partial charge in [-0.1, -0.05) is 0 Å². The highest BCUT2D eigenvalue weighted by Gasteiger charge is 2.20. The second-order valence-corrected chi connectivity index (χ2v) is 6.51. The van der Waals surface area contributed by atoms with Crippen LogP contribution in [0.1, 0.15) is 54.2 Å². The van der Waals surface area contributed by atoms with Crippen molar-refractivity contribution in [2.45, 2.75) is 57.6 Å². The minimum Gasteiger partial charge on any atom is -0.377 e. The summed E-state index contributed by atoms with van der Waals surface area (Å²) >= 11 is 1.91. The van der Waals surface area contributed by atoms with Crippen molar-refractivity contribution in [2.75, 3.05) is 13.2 Å². The van der Waals surface area contributed by atoms with Gasteiger partial charge in [0, 0.05) is 18.0 Å². The van der Waals surface area contributed by atoms with Crippen LogP contribution in [0.4, 0.5) is 0 Å². The molecule has 4 heteroatoms. The number of ether oxygens (including phenoxy) is 1. The maximum absolute atomic E-state index is 5.64. The molecule has 0 saturated carbocycles. The summed E-state index contributed by atoms with van der Waals surface area (Å²) in [5.41, 5.74) is 1.37. The van der Waals surface area contributed by atoms with Crippen molar-refractivity contribution >= 4 is 11.3 Å². The van der Waals surface area contributed by atoms with Crippen molar-refractivity contribution in [3.05, 3.63) is 15.6 Å². The third kappa shape index (κ3) is 2.76. The summed E-state index contributed by atoms with van der Waals surface area (Å²) in [5.74, 6) is 0. The van der Waals surface area contributed by atoms with Crippen LogP contribution in [0.5, 0.6) is 0 Å². The zero-order valence-electron chi connectivity index (χ0n) is 11.1. The molecule has 3 rings (SSSR count). The van der Waals surface area contributed by atoms with Crippen LogP contribution in [0.2, 0.25) is 0 Å². The topological polar surface area (TPSA) is 34.1 Å². The van der Waals surface area contributed by atoms with Crippen molar-refractivity contribution < 1.29 is 4.74 Å². The number of nitrogens with zero attached hydrogens (tertiary/aromatic N) is 1. The van der Waals surface area contributed by atoms with Crippen molar-refractivity contribution in [3.8, 4) is 0 Å². The minimum absolute atomic E-state index is 0.366. The van der Waals surface area contributed by atoms with Crippen LogP contribution in [0.15, 0.2) is 0 Å². The Hall–Kier alpha value is -0.450. The van der Waals surface area contributed by atoms with Gasteiger partial charge in [-0.2, -0.15) is 0 Å². The van der Waals surface area contributed by atoms with E-state index in [0.29, 0.717) is 12.1 Å². The van der Waals surface area contributed by atoms with Gasteiger partial charge in [0.2, 0.25) is 0 Å². The maximum Gasteiger partial charge on any atom is 0.110 e. The van der Waals surface area contributed by atoms with E-state index in [1.54, 1.807) is 0 Å². The molecule has 2 heterocycles. The average Bonchev–Trinajstić information content (AvgIpc) is 3.04. The van der Waals surface area contributed by atoms with Gasteiger partial charge in [0.05, 0.1) is 17.8 Å². The van der Waals surface area contributed by atoms with E-state index < -0.39 is 0 Å². The standard InChI is InChI=1S/C14H22N2OS/c1-10(15-9-11-5-4-8-17-11)14-16-12-6-2-3-7-13(12)18-14/h10-11,15H,2-9H2,1H3. The predicted molar refractivity (Wildman–Crippen MR) is 74.1 cm³/mol. The van der Waals surface area contributed by atoms with Gasteiger partial charge in [-0.25, -0.2) is 4.98 Å². The Morgan fingerprint density at radius 2 is 2.28 bits per heavy atom. The lowest BCUT2D eigenvalue weighted by atomic mass is 10.0. The lowest BCUT2D eigenvalue weighted by molar-refractivity contribution is 0.108. The normalized spacial score (nSPS) is 25.1. The Bertz CT molecular complexity index is 375. The van der Waals surface area contributed by atoms with Gasteiger partial charge in [0.1, 0.15) is 5.01 Å². The number of aromatic nitrogens is 1. The second kappa shape index (κ2) is 5.68. The van der Waals surface area contributed by atoms with Crippen molar-refractivity contribution in [1.82, 2.24) is 10.3 Å². The molecule has 1 N–H and O–H groups in total. The van der Waals surface area contributed by atoms with E-state index in [2.05, 4.69) is 12.2 Å². The Morgan fingerprint density at radius 1 is 1.39 bits per heavy atom. The maximum atomic E-state index is 5.64. The molecule has 0 spiro atoms.